The Hall–Kier alpha value is -0.256. The van der Waals surface area contributed by atoms with Gasteiger partial charge in [0.2, 0.25) is 0 Å². The van der Waals surface area contributed by atoms with Crippen LogP contribution in [0.4, 0.5) is 21.6 Å². The molecular weight excluding hydrogens is 213 g/mol. The Balaban J connectivity index is 5.65. The number of halogens is 6. The first-order valence-electron chi connectivity index (χ1n) is 1.58. The van der Waals surface area contributed by atoms with Crippen LogP contribution in [0.3, 0.4) is 0 Å². The van der Waals surface area contributed by atoms with Crippen LogP contribution in [-0.2, 0) is 16.8 Å². The van der Waals surface area contributed by atoms with Crippen LogP contribution in [0.5, 0.6) is 0 Å². The third-order valence-corrected chi connectivity index (χ3v) is 2.08. The molecule has 0 saturated heterocycles. The van der Waals surface area contributed by atoms with E-state index in [1.165, 1.54) is 0 Å². The van der Waals surface area contributed by atoms with Gasteiger partial charge in [0.05, 0.1) is 0 Å². The summed E-state index contributed by atoms with van der Waals surface area (Å²) in [5, 5.41) is 0. The number of carbonyl (C=O) groups excluding carboxylic acids is 1. The monoisotopic (exact) mass is 215 g/mol. The Morgan fingerprint density at radius 1 is 1.00 bits per heavy atom. The van der Waals surface area contributed by atoms with E-state index in [1.807, 2.05) is 0 Å². The van der Waals surface area contributed by atoms with Gasteiger partial charge in [0.15, 0.2) is 0 Å². The summed E-state index contributed by atoms with van der Waals surface area (Å²) in [6.07, 6.45) is 0. The van der Waals surface area contributed by atoms with Crippen LogP contribution in [0.1, 0.15) is 6.92 Å². The SMILES string of the molecule is C[C](=O)[Ni]([F])([F])([F])([F])([F])[F]. The van der Waals surface area contributed by atoms with Crippen molar-refractivity contribution in [2.24, 2.45) is 0 Å². The molecule has 0 N–H and O–H groups in total. The molecule has 10 heavy (non-hydrogen) atoms. The first-order valence-corrected chi connectivity index (χ1v) is 4.31. The maximum absolute atomic E-state index is 11.9. The molecule has 0 radical (unpaired) electrons. The quantitative estimate of drug-likeness (QED) is 0.486. The maximum atomic E-state index is 11.0. The van der Waals surface area contributed by atoms with Crippen LogP contribution in [-0.4, -0.2) is 4.75 Å². The molecule has 0 saturated carbocycles. The molecule has 0 spiro atoms. The standard InChI is InChI=1S/C2H3O.6FH.Ni/c1-2-3;;;;;;;/h1H3;6*1H;/q;;;;;;;+6/p-6. The molecule has 0 aromatic rings. The Morgan fingerprint density at radius 3 is 1.10 bits per heavy atom. The van der Waals surface area contributed by atoms with Crippen LogP contribution >= 0.6 is 0 Å². The predicted molar refractivity (Wildman–Crippen MR) is 17.3 cm³/mol. The third-order valence-electron chi connectivity index (χ3n) is 0.505. The van der Waals surface area contributed by atoms with Gasteiger partial charge in [0.1, 0.15) is 0 Å². The molecule has 0 aromatic heterocycles. The van der Waals surface area contributed by atoms with Gasteiger partial charge in [-0.25, -0.2) is 0 Å². The topological polar surface area (TPSA) is 17.1 Å². The average molecular weight is 216 g/mol. The van der Waals surface area contributed by atoms with Crippen LogP contribution in [0.2, 0.25) is 0 Å². The number of hydrogen-bond donors (Lipinski definition) is 0. The molecule has 0 bridgehead atoms. The number of rotatable bonds is 1. The molecule has 0 aliphatic carbocycles. The Morgan fingerprint density at radius 2 is 1.10 bits per heavy atom. The molecule has 0 aromatic carbocycles. The van der Waals surface area contributed by atoms with Crippen LogP contribution in [0, 0.1) is 0 Å². The molecule has 0 heterocycles. The van der Waals surface area contributed by atoms with Gasteiger partial charge in [-0.3, -0.25) is 0 Å². The minimum atomic E-state index is -11.9. The summed E-state index contributed by atoms with van der Waals surface area (Å²) in [4.78, 5) is 9.24. The Labute approximate surface area is 51.0 Å². The zero-order chi connectivity index (χ0) is 8.96. The van der Waals surface area contributed by atoms with Crippen LogP contribution < -0.4 is 0 Å². The number of carbonyl (C=O) groups is 1. The summed E-state index contributed by atoms with van der Waals surface area (Å²) in [6, 6.07) is 0. The van der Waals surface area contributed by atoms with Crippen molar-refractivity contribution in [3.8, 4) is 0 Å². The van der Waals surface area contributed by atoms with Crippen molar-refractivity contribution >= 4 is 4.75 Å². The van der Waals surface area contributed by atoms with E-state index >= 15 is 0 Å². The van der Waals surface area contributed by atoms with Crippen molar-refractivity contribution < 1.29 is 38.4 Å². The normalized spacial score (nSPS) is 23.7. The molecule has 0 aliphatic rings. The second-order valence-electron chi connectivity index (χ2n) is 1.46. The van der Waals surface area contributed by atoms with Crippen molar-refractivity contribution in [2.75, 3.05) is 0 Å². The van der Waals surface area contributed by atoms with Gasteiger partial charge >= 0.3 is 50.1 Å². The van der Waals surface area contributed by atoms with Gasteiger partial charge in [0, 0.05) is 0 Å². The van der Waals surface area contributed by atoms with E-state index in [4.69, 9.17) is 0 Å². The van der Waals surface area contributed by atoms with Gasteiger partial charge in [-0.15, -0.1) is 0 Å². The van der Waals surface area contributed by atoms with Crippen LogP contribution in [0.25, 0.3) is 0 Å². The van der Waals surface area contributed by atoms with Crippen molar-refractivity contribution in [2.45, 2.75) is 6.92 Å². The molecule has 0 aliphatic heterocycles. The van der Waals surface area contributed by atoms with Crippen LogP contribution in [0.15, 0.2) is 0 Å². The molecule has 0 unspecified atom stereocenters. The fraction of sp³-hybridized carbons (Fsp3) is 0.500. The van der Waals surface area contributed by atoms with E-state index in [1.54, 1.807) is 0 Å². The summed E-state index contributed by atoms with van der Waals surface area (Å²) in [6.45, 7) is -0.556. The second kappa shape index (κ2) is 0.930. The average Bonchev–Trinajstić information content (AvgIpc) is 1.21. The number of hydrogen-bond acceptors (Lipinski definition) is 1. The zero-order valence-electron chi connectivity index (χ0n) is 4.49. The molecular formula is C2H3F6NiO. The fourth-order valence-corrected chi connectivity index (χ4v) is 0. The summed E-state index contributed by atoms with van der Waals surface area (Å²) < 4.78 is 62.4. The van der Waals surface area contributed by atoms with E-state index in [9.17, 15) is 26.4 Å². The van der Waals surface area contributed by atoms with E-state index in [2.05, 4.69) is 0 Å². The van der Waals surface area contributed by atoms with Crippen molar-refractivity contribution in [1.29, 1.82) is 0 Å². The summed E-state index contributed by atoms with van der Waals surface area (Å²) in [5.74, 6) is 0. The molecule has 0 rings (SSSR count). The third kappa shape index (κ3) is 2.55. The van der Waals surface area contributed by atoms with Crippen molar-refractivity contribution in [1.82, 2.24) is 0 Å². The van der Waals surface area contributed by atoms with Gasteiger partial charge < -0.3 is 0 Å². The van der Waals surface area contributed by atoms with Gasteiger partial charge in [-0.05, 0) is 0 Å². The molecule has 69 valence electrons. The van der Waals surface area contributed by atoms with E-state index in [0.717, 1.165) is 0 Å². The van der Waals surface area contributed by atoms with Crippen molar-refractivity contribution in [3.63, 3.8) is 0 Å². The first-order chi connectivity index (χ1) is 3.64. The molecule has 1 nitrogen and oxygen atoms in total. The first kappa shape index (κ1) is 9.74. The Kier molecular flexibility index (Phi) is 0.906. The summed E-state index contributed by atoms with van der Waals surface area (Å²) in [7, 11) is 0. The fourth-order valence-electron chi connectivity index (χ4n) is 0. The van der Waals surface area contributed by atoms with E-state index in [0.29, 0.717) is 0 Å². The van der Waals surface area contributed by atoms with Gasteiger partial charge in [-0.2, -0.15) is 0 Å². The predicted octanol–water partition coefficient (Wildman–Crippen LogP) is 2.60. The molecule has 0 amide bonds. The summed E-state index contributed by atoms with van der Waals surface area (Å²) >= 11 is -11.9. The second-order valence-corrected chi connectivity index (χ2v) is 5.39. The Bertz CT molecular complexity index is 194. The summed E-state index contributed by atoms with van der Waals surface area (Å²) in [5.41, 5.74) is 0. The minimum absolute atomic E-state index is 0.556. The van der Waals surface area contributed by atoms with E-state index in [-0.39, 0.29) is 0 Å². The molecule has 0 fully saturated rings. The van der Waals surface area contributed by atoms with E-state index < -0.39 is 23.6 Å². The van der Waals surface area contributed by atoms with Gasteiger partial charge in [-0.1, -0.05) is 0 Å². The zero-order valence-corrected chi connectivity index (χ0v) is 5.48. The molecule has 0 atom stereocenters. The van der Waals surface area contributed by atoms with Gasteiger partial charge in [0.25, 0.3) is 0 Å². The van der Waals surface area contributed by atoms with Crippen molar-refractivity contribution in [3.05, 3.63) is 0 Å². The molecule has 8 heteroatoms.